The minimum Gasteiger partial charge on any atom is -0.497 e. The van der Waals surface area contributed by atoms with Gasteiger partial charge in [0.1, 0.15) is 18.1 Å². The maximum Gasteiger partial charge on any atom is 0.254 e. The third-order valence-corrected chi connectivity index (χ3v) is 7.22. The maximum absolute atomic E-state index is 13.9. The summed E-state index contributed by atoms with van der Waals surface area (Å²) in [4.78, 5) is 36.4. The number of ether oxygens (including phenoxy) is 2. The quantitative estimate of drug-likeness (QED) is 0.358. The molecule has 12 heteroatoms. The molecule has 5 rings (SSSR count). The summed E-state index contributed by atoms with van der Waals surface area (Å²) in [5.74, 6) is -0.653. The molecule has 3 N–H and O–H groups in total. The summed E-state index contributed by atoms with van der Waals surface area (Å²) in [6, 6.07) is 8.66. The van der Waals surface area contributed by atoms with Crippen molar-refractivity contribution in [1.29, 1.82) is 0 Å². The predicted molar refractivity (Wildman–Crippen MR) is 146 cm³/mol. The SMILES string of the molecule is COc1cc(F)cc([C@@H](CO)NC(=O)CN2Cc3ccc(-c4nc(NC5CCOCC5)ncc4Cl)cc3C2=O)c1. The van der Waals surface area contributed by atoms with Gasteiger partial charge in [-0.1, -0.05) is 23.7 Å². The van der Waals surface area contributed by atoms with Crippen molar-refractivity contribution in [3.63, 3.8) is 0 Å². The number of rotatable bonds is 9. The number of hydrogen-bond acceptors (Lipinski definition) is 8. The number of aliphatic hydroxyl groups excluding tert-OH is 1. The minimum atomic E-state index is -0.868. The Morgan fingerprint density at radius 3 is 2.83 bits per heavy atom. The highest BCUT2D eigenvalue weighted by atomic mass is 35.5. The van der Waals surface area contributed by atoms with Gasteiger partial charge in [0.05, 0.1) is 36.7 Å². The lowest BCUT2D eigenvalue weighted by Gasteiger charge is -2.23. The second-order valence-corrected chi connectivity index (χ2v) is 10.1. The van der Waals surface area contributed by atoms with E-state index in [1.54, 1.807) is 6.07 Å². The average Bonchev–Trinajstić information content (AvgIpc) is 3.26. The molecule has 0 saturated carbocycles. The van der Waals surface area contributed by atoms with Gasteiger partial charge in [-0.2, -0.15) is 0 Å². The molecule has 210 valence electrons. The van der Waals surface area contributed by atoms with Crippen LogP contribution in [-0.4, -0.2) is 71.3 Å². The Kier molecular flexibility index (Phi) is 8.43. The fourth-order valence-corrected chi connectivity index (χ4v) is 5.05. The van der Waals surface area contributed by atoms with Crippen molar-refractivity contribution in [3.05, 3.63) is 70.1 Å². The summed E-state index contributed by atoms with van der Waals surface area (Å²) in [6.07, 6.45) is 3.24. The minimum absolute atomic E-state index is 0.206. The van der Waals surface area contributed by atoms with Crippen LogP contribution in [0.5, 0.6) is 5.75 Å². The Balaban J connectivity index is 1.27. The van der Waals surface area contributed by atoms with Crippen LogP contribution in [0.4, 0.5) is 10.3 Å². The van der Waals surface area contributed by atoms with Gasteiger partial charge < -0.3 is 30.1 Å². The lowest BCUT2D eigenvalue weighted by atomic mass is 10.0. The molecule has 0 radical (unpaired) electrons. The molecule has 0 spiro atoms. The van der Waals surface area contributed by atoms with Crippen molar-refractivity contribution in [3.8, 4) is 17.0 Å². The molecule has 2 aliphatic rings. The average molecular weight is 570 g/mol. The fourth-order valence-electron chi connectivity index (χ4n) is 4.85. The number of aliphatic hydroxyl groups is 1. The van der Waals surface area contributed by atoms with E-state index in [1.807, 2.05) is 12.1 Å². The first-order valence-electron chi connectivity index (χ1n) is 12.9. The van der Waals surface area contributed by atoms with E-state index in [0.29, 0.717) is 46.6 Å². The van der Waals surface area contributed by atoms with Gasteiger partial charge in [-0.3, -0.25) is 9.59 Å². The Labute approximate surface area is 235 Å². The van der Waals surface area contributed by atoms with E-state index < -0.39 is 24.4 Å². The molecule has 0 unspecified atom stereocenters. The van der Waals surface area contributed by atoms with Gasteiger partial charge in [0, 0.05) is 43.0 Å². The van der Waals surface area contributed by atoms with Crippen molar-refractivity contribution in [2.75, 3.05) is 38.8 Å². The lowest BCUT2D eigenvalue weighted by Crippen LogP contribution is -2.40. The highest BCUT2D eigenvalue weighted by Crippen LogP contribution is 2.32. The van der Waals surface area contributed by atoms with Gasteiger partial charge in [0.2, 0.25) is 11.9 Å². The molecule has 2 aliphatic heterocycles. The zero-order chi connectivity index (χ0) is 28.2. The standard InChI is InChI=1S/C28H29ClFN5O5/c1-39-21-9-18(8-19(30)11-21)24(15-36)33-25(37)14-35-13-17-3-2-16(10-22(17)27(35)38)26-23(29)12-31-28(34-26)32-20-4-6-40-7-5-20/h2-3,8-12,20,24,36H,4-7,13-15H2,1H3,(H,33,37)(H,31,32,34)/t24-/m1/s1. The number of aromatic nitrogens is 2. The van der Waals surface area contributed by atoms with E-state index in [1.165, 1.54) is 36.4 Å². The predicted octanol–water partition coefficient (Wildman–Crippen LogP) is 3.34. The number of carbonyl (C=O) groups is 2. The van der Waals surface area contributed by atoms with Crippen molar-refractivity contribution in [2.24, 2.45) is 0 Å². The summed E-state index contributed by atoms with van der Waals surface area (Å²) in [5.41, 5.74) is 2.71. The number of carbonyl (C=O) groups excluding carboxylic acids is 2. The molecule has 3 aromatic rings. The zero-order valence-corrected chi connectivity index (χ0v) is 22.6. The number of nitrogens with zero attached hydrogens (tertiary/aromatic N) is 3. The number of amides is 2. The van der Waals surface area contributed by atoms with Crippen LogP contribution in [0.15, 0.2) is 42.6 Å². The summed E-state index contributed by atoms with van der Waals surface area (Å²) in [6.45, 7) is 0.910. The number of halogens is 2. The van der Waals surface area contributed by atoms with Crippen LogP contribution in [0.2, 0.25) is 5.02 Å². The number of nitrogens with one attached hydrogen (secondary N) is 2. The maximum atomic E-state index is 13.9. The van der Waals surface area contributed by atoms with Gasteiger partial charge in [0.15, 0.2) is 0 Å². The molecule has 1 aromatic heterocycles. The van der Waals surface area contributed by atoms with Gasteiger partial charge in [-0.05, 0) is 42.2 Å². The molecule has 1 atom stereocenters. The van der Waals surface area contributed by atoms with Crippen molar-refractivity contribution in [1.82, 2.24) is 20.2 Å². The monoisotopic (exact) mass is 569 g/mol. The second-order valence-electron chi connectivity index (χ2n) is 9.68. The number of hydrogen-bond donors (Lipinski definition) is 3. The van der Waals surface area contributed by atoms with Crippen LogP contribution < -0.4 is 15.4 Å². The Morgan fingerprint density at radius 1 is 1.27 bits per heavy atom. The van der Waals surface area contributed by atoms with E-state index in [-0.39, 0.29) is 30.8 Å². The highest BCUT2D eigenvalue weighted by molar-refractivity contribution is 6.33. The highest BCUT2D eigenvalue weighted by Gasteiger charge is 2.30. The molecule has 10 nitrogen and oxygen atoms in total. The molecular formula is C28H29ClFN5O5. The fraction of sp³-hybridized carbons (Fsp3) is 0.357. The molecule has 2 aromatic carbocycles. The largest absolute Gasteiger partial charge is 0.497 e. The van der Waals surface area contributed by atoms with Crippen LogP contribution in [0, 0.1) is 5.82 Å². The first-order chi connectivity index (χ1) is 19.3. The van der Waals surface area contributed by atoms with E-state index >= 15 is 0 Å². The van der Waals surface area contributed by atoms with E-state index in [9.17, 15) is 19.1 Å². The smallest absolute Gasteiger partial charge is 0.254 e. The van der Waals surface area contributed by atoms with Crippen LogP contribution >= 0.6 is 11.6 Å². The van der Waals surface area contributed by atoms with E-state index in [4.69, 9.17) is 21.1 Å². The summed E-state index contributed by atoms with van der Waals surface area (Å²) in [5, 5.41) is 16.2. The third-order valence-electron chi connectivity index (χ3n) is 6.94. The molecule has 1 saturated heterocycles. The van der Waals surface area contributed by atoms with Crippen molar-refractivity contribution in [2.45, 2.75) is 31.5 Å². The molecule has 2 amide bonds. The van der Waals surface area contributed by atoms with E-state index in [2.05, 4.69) is 20.6 Å². The summed E-state index contributed by atoms with van der Waals surface area (Å²) in [7, 11) is 1.40. The molecule has 0 aliphatic carbocycles. The summed E-state index contributed by atoms with van der Waals surface area (Å²) >= 11 is 6.43. The molecule has 3 heterocycles. The van der Waals surface area contributed by atoms with Crippen molar-refractivity contribution < 1.29 is 28.6 Å². The normalized spacial score (nSPS) is 16.0. The van der Waals surface area contributed by atoms with Crippen LogP contribution in [0.25, 0.3) is 11.3 Å². The Hall–Kier alpha value is -3.80. The Morgan fingerprint density at radius 2 is 2.08 bits per heavy atom. The molecular weight excluding hydrogens is 541 g/mol. The number of anilines is 1. The zero-order valence-electron chi connectivity index (χ0n) is 21.8. The third kappa shape index (κ3) is 6.16. The van der Waals surface area contributed by atoms with Gasteiger partial charge >= 0.3 is 0 Å². The Bertz CT molecular complexity index is 1420. The number of benzene rings is 2. The first kappa shape index (κ1) is 27.8. The number of methoxy groups -OCH3 is 1. The first-order valence-corrected chi connectivity index (χ1v) is 13.3. The van der Waals surface area contributed by atoms with Gasteiger partial charge in [-0.25, -0.2) is 14.4 Å². The molecule has 40 heavy (non-hydrogen) atoms. The van der Waals surface area contributed by atoms with Crippen molar-refractivity contribution >= 4 is 29.4 Å². The lowest BCUT2D eigenvalue weighted by molar-refractivity contribution is -0.122. The second kappa shape index (κ2) is 12.2. The molecule has 1 fully saturated rings. The number of fused-ring (bicyclic) bond motifs is 1. The van der Waals surface area contributed by atoms with Crippen LogP contribution in [0.3, 0.4) is 0 Å². The van der Waals surface area contributed by atoms with Gasteiger partial charge in [0.25, 0.3) is 5.91 Å². The summed E-state index contributed by atoms with van der Waals surface area (Å²) < 4.78 is 24.4. The van der Waals surface area contributed by atoms with Crippen LogP contribution in [0.1, 0.15) is 40.4 Å². The topological polar surface area (TPSA) is 126 Å². The van der Waals surface area contributed by atoms with Crippen LogP contribution in [-0.2, 0) is 16.1 Å². The van der Waals surface area contributed by atoms with E-state index in [0.717, 1.165) is 18.4 Å². The molecule has 0 bridgehead atoms. The van der Waals surface area contributed by atoms with Gasteiger partial charge in [-0.15, -0.1) is 0 Å².